The Morgan fingerprint density at radius 2 is 1.64 bits per heavy atom. The van der Waals surface area contributed by atoms with E-state index in [4.69, 9.17) is 14.2 Å². The molecular weight excluding hydrogens is 429 g/mol. The number of carbonyl (C=O) groups excluding carboxylic acids is 1. The minimum atomic E-state index is -0.642. The first-order valence-electron chi connectivity index (χ1n) is 8.27. The number of ether oxygens (including phenoxy) is 3. The molecule has 0 unspecified atom stereocenters. The summed E-state index contributed by atoms with van der Waals surface area (Å²) in [5.41, 5.74) is 0.233. The zero-order valence-corrected chi connectivity index (χ0v) is 16.7. The molecule has 0 saturated carbocycles. The summed E-state index contributed by atoms with van der Waals surface area (Å²) in [7, 11) is 2.84. The predicted octanol–water partition coefficient (Wildman–Crippen LogP) is 5.65. The maximum absolute atomic E-state index is 14.3. The van der Waals surface area contributed by atoms with E-state index in [1.165, 1.54) is 20.3 Å². The van der Waals surface area contributed by atoms with Crippen LogP contribution in [0.4, 0.5) is 10.1 Å². The molecule has 7 heteroatoms. The smallest absolute Gasteiger partial charge is 0.259 e. The normalized spacial score (nSPS) is 10.3. The van der Waals surface area contributed by atoms with Crippen molar-refractivity contribution in [2.24, 2.45) is 0 Å². The van der Waals surface area contributed by atoms with Gasteiger partial charge in [0.15, 0.2) is 17.3 Å². The summed E-state index contributed by atoms with van der Waals surface area (Å²) >= 11 is 3.38. The maximum Gasteiger partial charge on any atom is 0.259 e. The van der Waals surface area contributed by atoms with Gasteiger partial charge in [0, 0.05) is 16.6 Å². The third-order valence-electron chi connectivity index (χ3n) is 3.88. The number of hydrogen-bond donors (Lipinski definition) is 1. The van der Waals surface area contributed by atoms with Gasteiger partial charge in [0.25, 0.3) is 5.91 Å². The first-order chi connectivity index (χ1) is 13.5. The van der Waals surface area contributed by atoms with Gasteiger partial charge in [-0.1, -0.05) is 34.1 Å². The van der Waals surface area contributed by atoms with Crippen LogP contribution in [0.5, 0.6) is 23.0 Å². The van der Waals surface area contributed by atoms with Gasteiger partial charge >= 0.3 is 0 Å². The van der Waals surface area contributed by atoms with E-state index in [0.717, 1.165) is 10.5 Å². The molecule has 3 rings (SSSR count). The lowest BCUT2D eigenvalue weighted by Crippen LogP contribution is -2.14. The molecule has 3 aromatic carbocycles. The van der Waals surface area contributed by atoms with E-state index in [2.05, 4.69) is 21.2 Å². The molecule has 0 atom stereocenters. The Labute approximate surface area is 170 Å². The lowest BCUT2D eigenvalue weighted by molar-refractivity contribution is 0.102. The van der Waals surface area contributed by atoms with Crippen molar-refractivity contribution in [3.63, 3.8) is 0 Å². The van der Waals surface area contributed by atoms with Crippen LogP contribution in [-0.2, 0) is 0 Å². The van der Waals surface area contributed by atoms with Crippen LogP contribution in [-0.4, -0.2) is 20.1 Å². The molecule has 1 amide bonds. The minimum absolute atomic E-state index is 0.0279. The molecule has 1 N–H and O–H groups in total. The van der Waals surface area contributed by atoms with Crippen molar-refractivity contribution >= 4 is 27.5 Å². The second-order valence-corrected chi connectivity index (χ2v) is 6.61. The van der Waals surface area contributed by atoms with Crippen molar-refractivity contribution in [2.45, 2.75) is 0 Å². The number of methoxy groups -OCH3 is 2. The molecule has 144 valence electrons. The summed E-state index contributed by atoms with van der Waals surface area (Å²) < 4.78 is 31.2. The maximum atomic E-state index is 14.3. The van der Waals surface area contributed by atoms with Crippen LogP contribution in [0.2, 0.25) is 0 Å². The lowest BCUT2D eigenvalue weighted by atomic mass is 10.1. The largest absolute Gasteiger partial charge is 0.493 e. The zero-order chi connectivity index (χ0) is 20.1. The second kappa shape index (κ2) is 8.75. The number of rotatable bonds is 6. The highest BCUT2D eigenvalue weighted by molar-refractivity contribution is 9.10. The van der Waals surface area contributed by atoms with Gasteiger partial charge in [-0.15, -0.1) is 0 Å². The summed E-state index contributed by atoms with van der Waals surface area (Å²) in [6.07, 6.45) is 0. The van der Waals surface area contributed by atoms with E-state index in [1.54, 1.807) is 36.4 Å². The highest BCUT2D eigenvalue weighted by Gasteiger charge is 2.17. The molecule has 0 aliphatic carbocycles. The van der Waals surface area contributed by atoms with Crippen molar-refractivity contribution in [3.8, 4) is 23.0 Å². The van der Waals surface area contributed by atoms with Gasteiger partial charge in [0.05, 0.1) is 25.5 Å². The fraction of sp³-hybridized carbons (Fsp3) is 0.0952. The fourth-order valence-electron chi connectivity index (χ4n) is 2.54. The first-order valence-corrected chi connectivity index (χ1v) is 9.06. The third kappa shape index (κ3) is 4.43. The van der Waals surface area contributed by atoms with Crippen LogP contribution < -0.4 is 19.5 Å². The number of benzene rings is 3. The third-order valence-corrected chi connectivity index (χ3v) is 4.37. The van der Waals surface area contributed by atoms with E-state index < -0.39 is 11.7 Å². The zero-order valence-electron chi connectivity index (χ0n) is 15.2. The standard InChI is InChI=1S/C21H17BrFNO4/c1-26-19-11-16(23)17(12-20(19)27-2)24-21(25)15-8-3-4-9-18(15)28-14-7-5-6-13(22)10-14/h3-12H,1-2H3,(H,24,25). The predicted molar refractivity (Wildman–Crippen MR) is 108 cm³/mol. The Morgan fingerprint density at radius 3 is 2.36 bits per heavy atom. The highest BCUT2D eigenvalue weighted by atomic mass is 79.9. The molecule has 28 heavy (non-hydrogen) atoms. The first kappa shape index (κ1) is 19.7. The quantitative estimate of drug-likeness (QED) is 0.532. The highest BCUT2D eigenvalue weighted by Crippen LogP contribution is 2.33. The van der Waals surface area contributed by atoms with Gasteiger partial charge in [-0.05, 0) is 30.3 Å². The monoisotopic (exact) mass is 445 g/mol. The molecule has 5 nitrogen and oxygen atoms in total. The Bertz CT molecular complexity index is 1010. The van der Waals surface area contributed by atoms with E-state index in [1.807, 2.05) is 12.1 Å². The molecule has 0 radical (unpaired) electrons. The molecule has 0 bridgehead atoms. The van der Waals surface area contributed by atoms with Crippen molar-refractivity contribution < 1.29 is 23.4 Å². The van der Waals surface area contributed by atoms with E-state index in [0.29, 0.717) is 17.2 Å². The molecular formula is C21H17BrFNO4. The fourth-order valence-corrected chi connectivity index (χ4v) is 2.92. The van der Waals surface area contributed by atoms with Gasteiger partial charge < -0.3 is 19.5 Å². The summed E-state index contributed by atoms with van der Waals surface area (Å²) in [6.45, 7) is 0. The Hall–Kier alpha value is -3.06. The lowest BCUT2D eigenvalue weighted by Gasteiger charge is -2.14. The van der Waals surface area contributed by atoms with E-state index >= 15 is 0 Å². The van der Waals surface area contributed by atoms with E-state index in [9.17, 15) is 9.18 Å². The molecule has 0 aromatic heterocycles. The number of halogens is 2. The van der Waals surface area contributed by atoms with Crippen molar-refractivity contribution in [1.29, 1.82) is 0 Å². The van der Waals surface area contributed by atoms with Gasteiger partial charge in [0.1, 0.15) is 11.5 Å². The number of anilines is 1. The molecule has 0 aliphatic rings. The molecule has 0 spiro atoms. The Kier molecular flexibility index (Phi) is 6.16. The van der Waals surface area contributed by atoms with Crippen molar-refractivity contribution in [3.05, 3.63) is 76.5 Å². The van der Waals surface area contributed by atoms with Crippen molar-refractivity contribution in [2.75, 3.05) is 19.5 Å². The van der Waals surface area contributed by atoms with Crippen LogP contribution >= 0.6 is 15.9 Å². The van der Waals surface area contributed by atoms with Crippen LogP contribution in [0.1, 0.15) is 10.4 Å². The van der Waals surface area contributed by atoms with Gasteiger partial charge in [0.2, 0.25) is 0 Å². The number of nitrogens with one attached hydrogen (secondary N) is 1. The summed E-state index contributed by atoms with van der Waals surface area (Å²) in [5, 5.41) is 2.55. The van der Waals surface area contributed by atoms with Gasteiger partial charge in [-0.2, -0.15) is 0 Å². The van der Waals surface area contributed by atoms with Gasteiger partial charge in [-0.3, -0.25) is 4.79 Å². The molecule has 0 aliphatic heterocycles. The Balaban J connectivity index is 1.88. The summed E-state index contributed by atoms with van der Waals surface area (Å²) in [4.78, 5) is 12.8. The number of hydrogen-bond acceptors (Lipinski definition) is 4. The summed E-state index contributed by atoms with van der Waals surface area (Å²) in [6, 6.07) is 16.5. The van der Waals surface area contributed by atoms with Crippen LogP contribution in [0.3, 0.4) is 0 Å². The van der Waals surface area contributed by atoms with E-state index in [-0.39, 0.29) is 17.0 Å². The molecule has 3 aromatic rings. The summed E-state index contributed by atoms with van der Waals surface area (Å²) in [5.74, 6) is 0.285. The minimum Gasteiger partial charge on any atom is -0.493 e. The molecule has 0 saturated heterocycles. The topological polar surface area (TPSA) is 56.8 Å². The van der Waals surface area contributed by atoms with Crippen LogP contribution in [0.25, 0.3) is 0 Å². The number of carbonyl (C=O) groups is 1. The van der Waals surface area contributed by atoms with Gasteiger partial charge in [-0.25, -0.2) is 4.39 Å². The number of para-hydroxylation sites is 1. The van der Waals surface area contributed by atoms with Crippen molar-refractivity contribution in [1.82, 2.24) is 0 Å². The molecule has 0 fully saturated rings. The average Bonchev–Trinajstić information content (AvgIpc) is 2.69. The van der Waals surface area contributed by atoms with Crippen LogP contribution in [0.15, 0.2) is 65.1 Å². The number of amides is 1. The van der Waals surface area contributed by atoms with Crippen LogP contribution in [0, 0.1) is 5.82 Å². The second-order valence-electron chi connectivity index (χ2n) is 5.70. The SMILES string of the molecule is COc1cc(F)c(NC(=O)c2ccccc2Oc2cccc(Br)c2)cc1OC. The molecule has 0 heterocycles. The Morgan fingerprint density at radius 1 is 0.929 bits per heavy atom. The average molecular weight is 446 g/mol.